The Morgan fingerprint density at radius 1 is 1.19 bits per heavy atom. The molecule has 106 valence electrons. The Bertz CT molecular complexity index is 866. The summed E-state index contributed by atoms with van der Waals surface area (Å²) in [5.74, 6) is -0.134. The molecule has 0 atom stereocenters. The van der Waals surface area contributed by atoms with Gasteiger partial charge >= 0.3 is 0 Å². The fourth-order valence-corrected chi connectivity index (χ4v) is 2.22. The number of nitrogen functional groups attached to an aromatic ring is 1. The number of anilines is 1. The molecule has 1 amide bonds. The number of nitrogens with two attached hydrogens (primary N) is 2. The predicted molar refractivity (Wildman–Crippen MR) is 81.3 cm³/mol. The van der Waals surface area contributed by atoms with Crippen molar-refractivity contribution in [1.29, 1.82) is 0 Å². The second-order valence-electron chi connectivity index (χ2n) is 5.01. The lowest BCUT2D eigenvalue weighted by atomic mass is 10.1. The third kappa shape index (κ3) is 2.10. The van der Waals surface area contributed by atoms with E-state index in [1.165, 1.54) is 11.6 Å². The molecule has 0 unspecified atom stereocenters. The number of aryl methyl sites for hydroxylation is 2. The number of fused-ring (bicyclic) bond motifs is 1. The highest BCUT2D eigenvalue weighted by Gasteiger charge is 2.12. The maximum atomic E-state index is 11.3. The van der Waals surface area contributed by atoms with Gasteiger partial charge in [0.1, 0.15) is 12.0 Å². The van der Waals surface area contributed by atoms with Gasteiger partial charge in [-0.1, -0.05) is 0 Å². The molecular weight excluding hydrogens is 266 g/mol. The maximum absolute atomic E-state index is 11.3. The molecule has 0 saturated heterocycles. The Kier molecular flexibility index (Phi) is 2.86. The highest BCUT2D eigenvalue weighted by atomic mass is 16.1. The van der Waals surface area contributed by atoms with Crippen molar-refractivity contribution >= 4 is 22.6 Å². The third-order valence-corrected chi connectivity index (χ3v) is 3.55. The van der Waals surface area contributed by atoms with Crippen molar-refractivity contribution in [1.82, 2.24) is 14.5 Å². The Morgan fingerprint density at radius 2 is 1.90 bits per heavy atom. The van der Waals surface area contributed by atoms with Crippen LogP contribution in [0.15, 0.2) is 30.6 Å². The maximum Gasteiger partial charge on any atom is 0.267 e. The average Bonchev–Trinajstić information content (AvgIpc) is 2.82. The summed E-state index contributed by atoms with van der Waals surface area (Å²) in [5, 5.41) is 0. The highest BCUT2D eigenvalue weighted by molar-refractivity contribution is 5.91. The first kappa shape index (κ1) is 13.1. The number of hydrogen-bond donors (Lipinski definition) is 2. The molecule has 0 radical (unpaired) electrons. The van der Waals surface area contributed by atoms with E-state index in [9.17, 15) is 4.79 Å². The van der Waals surface area contributed by atoms with Crippen LogP contribution in [0.4, 0.5) is 5.69 Å². The first-order valence-electron chi connectivity index (χ1n) is 6.48. The number of aromatic nitrogens is 3. The van der Waals surface area contributed by atoms with Crippen molar-refractivity contribution in [2.75, 3.05) is 5.73 Å². The summed E-state index contributed by atoms with van der Waals surface area (Å²) in [6, 6.07) is 7.16. The Morgan fingerprint density at radius 3 is 2.62 bits per heavy atom. The molecule has 3 rings (SSSR count). The fraction of sp³-hybridized carbons (Fsp3) is 0.133. The molecule has 0 saturated carbocycles. The smallest absolute Gasteiger partial charge is 0.267 e. The molecule has 0 aliphatic rings. The lowest BCUT2D eigenvalue weighted by molar-refractivity contribution is 0.0995. The molecule has 0 spiro atoms. The molecule has 2 aromatic heterocycles. The normalized spacial score (nSPS) is 11.0. The number of carbonyl (C=O) groups is 1. The highest BCUT2D eigenvalue weighted by Crippen LogP contribution is 2.23. The fourth-order valence-electron chi connectivity index (χ4n) is 2.22. The lowest BCUT2D eigenvalue weighted by Crippen LogP contribution is -2.15. The van der Waals surface area contributed by atoms with Crippen molar-refractivity contribution in [2.24, 2.45) is 5.73 Å². The van der Waals surface area contributed by atoms with E-state index in [4.69, 9.17) is 11.5 Å². The van der Waals surface area contributed by atoms with E-state index in [0.29, 0.717) is 11.5 Å². The van der Waals surface area contributed by atoms with Crippen LogP contribution in [0.5, 0.6) is 0 Å². The van der Waals surface area contributed by atoms with E-state index in [2.05, 4.69) is 9.97 Å². The average molecular weight is 281 g/mol. The van der Waals surface area contributed by atoms with Crippen LogP contribution in [0.25, 0.3) is 16.9 Å². The van der Waals surface area contributed by atoms with Crippen LogP contribution in [0.1, 0.15) is 21.6 Å². The molecule has 21 heavy (non-hydrogen) atoms. The van der Waals surface area contributed by atoms with Crippen LogP contribution < -0.4 is 11.5 Å². The number of benzene rings is 1. The van der Waals surface area contributed by atoms with Crippen molar-refractivity contribution in [3.63, 3.8) is 0 Å². The van der Waals surface area contributed by atoms with Gasteiger partial charge < -0.3 is 11.5 Å². The molecule has 0 fully saturated rings. The van der Waals surface area contributed by atoms with Crippen molar-refractivity contribution < 1.29 is 4.79 Å². The number of hydrogen-bond acceptors (Lipinski definition) is 4. The molecule has 2 heterocycles. The number of nitrogens with zero attached hydrogens (tertiary/aromatic N) is 3. The number of amides is 1. The van der Waals surface area contributed by atoms with Crippen LogP contribution in [0.3, 0.4) is 0 Å². The Labute approximate surface area is 121 Å². The molecular formula is C15H15N5O. The molecule has 4 N–H and O–H groups in total. The van der Waals surface area contributed by atoms with Gasteiger partial charge in [0.2, 0.25) is 0 Å². The Balaban J connectivity index is 2.28. The quantitative estimate of drug-likeness (QED) is 0.746. The molecule has 1 aromatic carbocycles. The van der Waals surface area contributed by atoms with Gasteiger partial charge in [-0.05, 0) is 49.2 Å². The summed E-state index contributed by atoms with van der Waals surface area (Å²) in [6.07, 6.45) is 1.65. The van der Waals surface area contributed by atoms with E-state index in [-0.39, 0.29) is 5.69 Å². The standard InChI is InChI=1S/C15H15N5O/c1-8-5-12-13(6-9(8)2)20(7-18-12)15-10(16)3-4-11(19-15)14(17)21/h3-7H,16H2,1-2H3,(H2,17,21). The number of imidazole rings is 1. The minimum atomic E-state index is -0.590. The number of carbonyl (C=O) groups excluding carboxylic acids is 1. The summed E-state index contributed by atoms with van der Waals surface area (Å²) in [4.78, 5) is 19.9. The van der Waals surface area contributed by atoms with Crippen LogP contribution in [0.2, 0.25) is 0 Å². The van der Waals surface area contributed by atoms with Crippen LogP contribution in [-0.2, 0) is 0 Å². The van der Waals surface area contributed by atoms with Gasteiger partial charge in [0, 0.05) is 0 Å². The second-order valence-corrected chi connectivity index (χ2v) is 5.01. The lowest BCUT2D eigenvalue weighted by Gasteiger charge is -2.09. The number of rotatable bonds is 2. The van der Waals surface area contributed by atoms with Crippen molar-refractivity contribution in [3.8, 4) is 5.82 Å². The van der Waals surface area contributed by atoms with E-state index < -0.39 is 5.91 Å². The minimum Gasteiger partial charge on any atom is -0.396 e. The number of pyridine rings is 1. The Hall–Kier alpha value is -2.89. The monoisotopic (exact) mass is 281 g/mol. The largest absolute Gasteiger partial charge is 0.396 e. The van der Waals surface area contributed by atoms with Crippen molar-refractivity contribution in [3.05, 3.63) is 47.4 Å². The van der Waals surface area contributed by atoms with E-state index in [1.807, 2.05) is 26.0 Å². The molecule has 6 heteroatoms. The molecule has 3 aromatic rings. The predicted octanol–water partition coefficient (Wildman–Crippen LogP) is 1.72. The van der Waals surface area contributed by atoms with Crippen molar-refractivity contribution in [2.45, 2.75) is 13.8 Å². The van der Waals surface area contributed by atoms with Crippen LogP contribution >= 0.6 is 0 Å². The zero-order valence-electron chi connectivity index (χ0n) is 11.8. The second kappa shape index (κ2) is 4.59. The summed E-state index contributed by atoms with van der Waals surface area (Å²) in [7, 11) is 0. The van der Waals surface area contributed by atoms with Gasteiger partial charge in [-0.2, -0.15) is 0 Å². The zero-order chi connectivity index (χ0) is 15.1. The third-order valence-electron chi connectivity index (χ3n) is 3.55. The van der Waals surface area contributed by atoms with E-state index in [0.717, 1.165) is 16.6 Å². The summed E-state index contributed by atoms with van der Waals surface area (Å²) in [5.41, 5.74) is 15.9. The van der Waals surface area contributed by atoms with Gasteiger partial charge in [0.05, 0.1) is 16.7 Å². The molecule has 0 aliphatic heterocycles. The SMILES string of the molecule is Cc1cc2ncn(-c3nc(C(N)=O)ccc3N)c2cc1C. The summed E-state index contributed by atoms with van der Waals surface area (Å²) in [6.45, 7) is 4.07. The van der Waals surface area contributed by atoms with E-state index >= 15 is 0 Å². The van der Waals surface area contributed by atoms with Gasteiger partial charge in [-0.15, -0.1) is 0 Å². The summed E-state index contributed by atoms with van der Waals surface area (Å²) < 4.78 is 1.77. The topological polar surface area (TPSA) is 99.8 Å². The zero-order valence-corrected chi connectivity index (χ0v) is 11.8. The van der Waals surface area contributed by atoms with E-state index in [1.54, 1.807) is 17.0 Å². The van der Waals surface area contributed by atoms with Gasteiger partial charge in [0.25, 0.3) is 5.91 Å². The molecule has 6 nitrogen and oxygen atoms in total. The van der Waals surface area contributed by atoms with Gasteiger partial charge in [-0.25, -0.2) is 9.97 Å². The first-order chi connectivity index (χ1) is 9.97. The van der Waals surface area contributed by atoms with Crippen LogP contribution in [0, 0.1) is 13.8 Å². The minimum absolute atomic E-state index is 0.171. The first-order valence-corrected chi connectivity index (χ1v) is 6.48. The summed E-state index contributed by atoms with van der Waals surface area (Å²) >= 11 is 0. The molecule has 0 aliphatic carbocycles. The van der Waals surface area contributed by atoms with Crippen LogP contribution in [-0.4, -0.2) is 20.4 Å². The van der Waals surface area contributed by atoms with Gasteiger partial charge in [0.15, 0.2) is 5.82 Å². The molecule has 0 bridgehead atoms. The number of primary amides is 1. The van der Waals surface area contributed by atoms with Gasteiger partial charge in [-0.3, -0.25) is 9.36 Å².